The Balaban J connectivity index is 1.18. The number of carbonyl (C=O) groups excluding carboxylic acids is 1. The van der Waals surface area contributed by atoms with Gasteiger partial charge in [-0.3, -0.25) is 15.0 Å². The number of nitrogens with zero attached hydrogens (tertiary/aromatic N) is 7. The van der Waals surface area contributed by atoms with E-state index in [4.69, 9.17) is 4.74 Å². The lowest BCUT2D eigenvalue weighted by Crippen LogP contribution is -2.22. The molecule has 2 N–H and O–H groups in total. The third-order valence-corrected chi connectivity index (χ3v) is 6.45. The maximum atomic E-state index is 15.0. The second kappa shape index (κ2) is 11.1. The number of nitrogens with one attached hydrogen (secondary N) is 2. The van der Waals surface area contributed by atoms with E-state index in [1.807, 2.05) is 45.3 Å². The summed E-state index contributed by atoms with van der Waals surface area (Å²) in [6.45, 7) is 4.02. The standard InChI is InChI=1S/C30H26FN9O2/c1-18(2)27-13-29(40(38-27)21-4-6-25-19(10-21)14-32-17-34-25)37-30(41)36-26-7-5-22(11-24(26)31)42-23-8-9-33-28(12-23)20-15-35-39(3)16-20/h4-18H,1-3H3,(H2,36,37,41). The van der Waals surface area contributed by atoms with Gasteiger partial charge in [-0.05, 0) is 42.3 Å². The highest BCUT2D eigenvalue weighted by Gasteiger charge is 2.16. The van der Waals surface area contributed by atoms with Crippen LogP contribution in [0.4, 0.5) is 20.7 Å². The van der Waals surface area contributed by atoms with Crippen molar-refractivity contribution in [3.8, 4) is 28.4 Å². The zero-order chi connectivity index (χ0) is 29.2. The summed E-state index contributed by atoms with van der Waals surface area (Å²) < 4.78 is 24.2. The summed E-state index contributed by atoms with van der Waals surface area (Å²) in [6.07, 6.45) is 8.34. The van der Waals surface area contributed by atoms with Gasteiger partial charge in [-0.2, -0.15) is 10.2 Å². The number of urea groups is 1. The molecule has 0 aliphatic rings. The number of anilines is 2. The quantitative estimate of drug-likeness (QED) is 0.233. The lowest BCUT2D eigenvalue weighted by Gasteiger charge is -2.12. The van der Waals surface area contributed by atoms with Gasteiger partial charge < -0.3 is 10.1 Å². The lowest BCUT2D eigenvalue weighted by molar-refractivity contribution is 0.262. The Kier molecular flexibility index (Phi) is 7.01. The Morgan fingerprint density at radius 3 is 2.62 bits per heavy atom. The first-order valence-electron chi connectivity index (χ1n) is 13.1. The van der Waals surface area contributed by atoms with E-state index in [1.165, 1.54) is 18.5 Å². The molecule has 6 rings (SSSR count). The van der Waals surface area contributed by atoms with Crippen molar-refractivity contribution >= 4 is 28.4 Å². The number of pyridine rings is 1. The third kappa shape index (κ3) is 5.63. The molecule has 11 nitrogen and oxygen atoms in total. The van der Waals surface area contributed by atoms with Crippen LogP contribution in [0.2, 0.25) is 0 Å². The van der Waals surface area contributed by atoms with Crippen molar-refractivity contribution in [3.63, 3.8) is 0 Å². The number of halogens is 1. The molecule has 6 aromatic rings. The van der Waals surface area contributed by atoms with Gasteiger partial charge in [0, 0.05) is 54.8 Å². The predicted molar refractivity (Wildman–Crippen MR) is 156 cm³/mol. The molecule has 4 aromatic heterocycles. The number of rotatable bonds is 7. The number of carbonyl (C=O) groups is 1. The normalized spacial score (nSPS) is 11.2. The zero-order valence-electron chi connectivity index (χ0n) is 23.0. The first-order valence-corrected chi connectivity index (χ1v) is 13.1. The molecule has 0 fully saturated rings. The first kappa shape index (κ1) is 26.6. The molecule has 0 aliphatic carbocycles. The summed E-state index contributed by atoms with van der Waals surface area (Å²) in [4.78, 5) is 25.6. The highest BCUT2D eigenvalue weighted by atomic mass is 19.1. The van der Waals surface area contributed by atoms with Gasteiger partial charge in [-0.25, -0.2) is 23.8 Å². The summed E-state index contributed by atoms with van der Waals surface area (Å²) in [7, 11) is 1.82. The number of amides is 2. The fourth-order valence-electron chi connectivity index (χ4n) is 4.32. The van der Waals surface area contributed by atoms with Crippen LogP contribution in [0.3, 0.4) is 0 Å². The first-order chi connectivity index (χ1) is 20.3. The van der Waals surface area contributed by atoms with Crippen molar-refractivity contribution in [2.24, 2.45) is 7.05 Å². The van der Waals surface area contributed by atoms with Gasteiger partial charge in [0.1, 0.15) is 29.5 Å². The van der Waals surface area contributed by atoms with Crippen molar-refractivity contribution in [1.29, 1.82) is 0 Å². The minimum atomic E-state index is -0.657. The van der Waals surface area contributed by atoms with Crippen LogP contribution in [0, 0.1) is 5.82 Å². The summed E-state index contributed by atoms with van der Waals surface area (Å²) in [6, 6.07) is 14.4. The zero-order valence-corrected chi connectivity index (χ0v) is 23.0. The summed E-state index contributed by atoms with van der Waals surface area (Å²) >= 11 is 0. The second-order valence-corrected chi connectivity index (χ2v) is 9.89. The highest BCUT2D eigenvalue weighted by Crippen LogP contribution is 2.29. The van der Waals surface area contributed by atoms with E-state index < -0.39 is 11.8 Å². The average molecular weight is 564 g/mol. The molecular weight excluding hydrogens is 537 g/mol. The van der Waals surface area contributed by atoms with E-state index in [-0.39, 0.29) is 17.4 Å². The van der Waals surface area contributed by atoms with Crippen LogP contribution in [0.5, 0.6) is 11.5 Å². The molecule has 0 bridgehead atoms. The topological polar surface area (TPSA) is 125 Å². The van der Waals surface area contributed by atoms with E-state index in [1.54, 1.807) is 52.2 Å². The van der Waals surface area contributed by atoms with E-state index in [2.05, 4.69) is 35.8 Å². The van der Waals surface area contributed by atoms with Crippen molar-refractivity contribution < 1.29 is 13.9 Å². The van der Waals surface area contributed by atoms with Crippen molar-refractivity contribution in [2.75, 3.05) is 10.6 Å². The Morgan fingerprint density at radius 1 is 0.976 bits per heavy atom. The smallest absolute Gasteiger partial charge is 0.324 e. The van der Waals surface area contributed by atoms with Crippen LogP contribution >= 0.6 is 0 Å². The number of ether oxygens (including phenoxy) is 1. The number of hydrogen-bond donors (Lipinski definition) is 2. The van der Waals surface area contributed by atoms with Crippen LogP contribution in [-0.4, -0.2) is 40.5 Å². The molecule has 12 heteroatoms. The monoisotopic (exact) mass is 563 g/mol. The SMILES string of the molecule is CC(C)c1cc(NC(=O)Nc2ccc(Oc3ccnc(-c4cnn(C)c4)c3)cc2F)n(-c2ccc3ncncc3c2)n1. The molecule has 0 aliphatic heterocycles. The molecule has 0 atom stereocenters. The highest BCUT2D eigenvalue weighted by molar-refractivity contribution is 5.99. The molecule has 0 spiro atoms. The minimum absolute atomic E-state index is 0.0105. The summed E-state index contributed by atoms with van der Waals surface area (Å²) in [5, 5.41) is 15.0. The largest absolute Gasteiger partial charge is 0.457 e. The van der Waals surface area contributed by atoms with Crippen LogP contribution in [0.15, 0.2) is 85.7 Å². The van der Waals surface area contributed by atoms with Gasteiger partial charge in [0.2, 0.25) is 0 Å². The molecule has 2 amide bonds. The third-order valence-electron chi connectivity index (χ3n) is 6.45. The number of hydrogen-bond acceptors (Lipinski definition) is 7. The predicted octanol–water partition coefficient (Wildman–Crippen LogP) is 6.31. The fraction of sp³-hybridized carbons (Fsp3) is 0.133. The Bertz CT molecular complexity index is 1910. The van der Waals surface area contributed by atoms with Crippen molar-refractivity contribution in [1.82, 2.24) is 34.5 Å². The molecule has 0 radical (unpaired) electrons. The Hall–Kier alpha value is -5.65. The summed E-state index contributed by atoms with van der Waals surface area (Å²) in [5.41, 5.74) is 3.78. The van der Waals surface area contributed by atoms with Gasteiger partial charge in [0.15, 0.2) is 0 Å². The fourth-order valence-corrected chi connectivity index (χ4v) is 4.32. The average Bonchev–Trinajstić information content (AvgIpc) is 3.61. The molecular formula is C30H26FN9O2. The number of fused-ring (bicyclic) bond motifs is 1. The van der Waals surface area contributed by atoms with Gasteiger partial charge in [0.25, 0.3) is 0 Å². The van der Waals surface area contributed by atoms with Crippen LogP contribution in [-0.2, 0) is 7.05 Å². The van der Waals surface area contributed by atoms with E-state index in [0.717, 1.165) is 27.8 Å². The molecule has 4 heterocycles. The molecule has 2 aromatic carbocycles. The van der Waals surface area contributed by atoms with Crippen LogP contribution in [0.25, 0.3) is 27.8 Å². The number of aryl methyl sites for hydroxylation is 1. The molecule has 210 valence electrons. The number of benzene rings is 2. The summed E-state index contributed by atoms with van der Waals surface area (Å²) in [5.74, 6) is 0.632. The second-order valence-electron chi connectivity index (χ2n) is 9.89. The maximum Gasteiger partial charge on any atom is 0.324 e. The van der Waals surface area contributed by atoms with E-state index in [0.29, 0.717) is 17.3 Å². The van der Waals surface area contributed by atoms with E-state index in [9.17, 15) is 4.79 Å². The van der Waals surface area contributed by atoms with E-state index >= 15 is 4.39 Å². The van der Waals surface area contributed by atoms with Crippen molar-refractivity contribution in [3.05, 3.63) is 97.2 Å². The van der Waals surface area contributed by atoms with Crippen molar-refractivity contribution in [2.45, 2.75) is 19.8 Å². The lowest BCUT2D eigenvalue weighted by atomic mass is 10.1. The molecule has 0 saturated carbocycles. The van der Waals surface area contributed by atoms with Gasteiger partial charge in [-0.1, -0.05) is 13.8 Å². The van der Waals surface area contributed by atoms with Gasteiger partial charge in [-0.15, -0.1) is 0 Å². The Morgan fingerprint density at radius 2 is 1.83 bits per heavy atom. The van der Waals surface area contributed by atoms with Gasteiger partial charge >= 0.3 is 6.03 Å². The molecule has 42 heavy (non-hydrogen) atoms. The van der Waals surface area contributed by atoms with Crippen LogP contribution in [0.1, 0.15) is 25.5 Å². The van der Waals surface area contributed by atoms with Crippen LogP contribution < -0.4 is 15.4 Å². The molecule has 0 unspecified atom stereocenters. The molecule has 0 saturated heterocycles. The minimum Gasteiger partial charge on any atom is -0.457 e. The maximum absolute atomic E-state index is 15.0. The Labute approximate surface area is 240 Å². The van der Waals surface area contributed by atoms with Gasteiger partial charge in [0.05, 0.1) is 34.5 Å². The number of aromatic nitrogens is 7.